The molecular formula is C18H18ClN3O4S. The van der Waals surface area contributed by atoms with Crippen LogP contribution in [0.5, 0.6) is 5.75 Å². The molecule has 1 atom stereocenters. The van der Waals surface area contributed by atoms with Crippen LogP contribution in [0, 0.1) is 13.8 Å². The van der Waals surface area contributed by atoms with Crippen LogP contribution in [-0.4, -0.2) is 28.5 Å². The van der Waals surface area contributed by atoms with Gasteiger partial charge in [-0.05, 0) is 38.5 Å². The molecule has 7 nitrogen and oxygen atoms in total. The van der Waals surface area contributed by atoms with Crippen LogP contribution in [0.4, 0.5) is 5.69 Å². The van der Waals surface area contributed by atoms with Gasteiger partial charge in [-0.3, -0.25) is 4.79 Å². The predicted octanol–water partition coefficient (Wildman–Crippen LogP) is 4.73. The van der Waals surface area contributed by atoms with Crippen LogP contribution in [0.1, 0.15) is 18.2 Å². The number of rotatable bonds is 6. The largest absolute Gasteiger partial charge is 0.495 e. The van der Waals surface area contributed by atoms with E-state index in [2.05, 4.69) is 15.5 Å². The number of thioether (sulfide) groups is 1. The maximum absolute atomic E-state index is 12.5. The van der Waals surface area contributed by atoms with Crippen LogP contribution in [0.15, 0.2) is 38.5 Å². The molecule has 142 valence electrons. The summed E-state index contributed by atoms with van der Waals surface area (Å²) in [5.74, 6) is 1.31. The van der Waals surface area contributed by atoms with Crippen LogP contribution >= 0.6 is 23.4 Å². The number of benzene rings is 1. The third-order valence-corrected chi connectivity index (χ3v) is 5.22. The first kappa shape index (κ1) is 19.3. The van der Waals surface area contributed by atoms with Crippen molar-refractivity contribution < 1.29 is 18.4 Å². The van der Waals surface area contributed by atoms with Gasteiger partial charge in [0.05, 0.1) is 29.9 Å². The molecule has 0 aliphatic rings. The number of anilines is 1. The molecular weight excluding hydrogens is 390 g/mol. The van der Waals surface area contributed by atoms with Gasteiger partial charge in [0.25, 0.3) is 11.1 Å². The van der Waals surface area contributed by atoms with Crippen molar-refractivity contribution in [2.75, 3.05) is 12.4 Å². The Morgan fingerprint density at radius 1 is 1.33 bits per heavy atom. The highest BCUT2D eigenvalue weighted by Gasteiger charge is 2.21. The van der Waals surface area contributed by atoms with E-state index >= 15 is 0 Å². The lowest BCUT2D eigenvalue weighted by atomic mass is 10.2. The lowest BCUT2D eigenvalue weighted by molar-refractivity contribution is -0.115. The topological polar surface area (TPSA) is 90.4 Å². The summed E-state index contributed by atoms with van der Waals surface area (Å²) in [5, 5.41) is 11.2. The monoisotopic (exact) mass is 407 g/mol. The second-order valence-electron chi connectivity index (χ2n) is 5.81. The highest BCUT2D eigenvalue weighted by molar-refractivity contribution is 8.00. The highest BCUT2D eigenvalue weighted by atomic mass is 35.5. The molecule has 27 heavy (non-hydrogen) atoms. The molecule has 0 fully saturated rings. The summed E-state index contributed by atoms with van der Waals surface area (Å²) in [6.07, 6.45) is 1.55. The minimum Gasteiger partial charge on any atom is -0.495 e. The summed E-state index contributed by atoms with van der Waals surface area (Å²) in [7, 11) is 1.52. The number of hydrogen-bond acceptors (Lipinski definition) is 7. The molecule has 0 bridgehead atoms. The Bertz CT molecular complexity index is 969. The van der Waals surface area contributed by atoms with Crippen molar-refractivity contribution in [1.29, 1.82) is 0 Å². The second-order valence-corrected chi connectivity index (χ2v) is 7.51. The molecule has 0 saturated carbocycles. The Balaban J connectivity index is 1.69. The van der Waals surface area contributed by atoms with Gasteiger partial charge in [0.1, 0.15) is 11.5 Å². The van der Waals surface area contributed by atoms with Gasteiger partial charge in [0.15, 0.2) is 0 Å². The molecule has 1 N–H and O–H groups in total. The van der Waals surface area contributed by atoms with E-state index in [1.807, 2.05) is 13.8 Å². The third-order valence-electron chi connectivity index (χ3n) is 3.88. The maximum Gasteiger partial charge on any atom is 0.277 e. The number of carbonyl (C=O) groups excluding carboxylic acids is 1. The molecule has 2 aromatic heterocycles. The summed E-state index contributed by atoms with van der Waals surface area (Å²) in [6.45, 7) is 5.42. The van der Waals surface area contributed by atoms with Gasteiger partial charge >= 0.3 is 0 Å². The summed E-state index contributed by atoms with van der Waals surface area (Å²) < 4.78 is 16.1. The van der Waals surface area contributed by atoms with Gasteiger partial charge in [-0.25, -0.2) is 0 Å². The molecule has 0 aliphatic heterocycles. The number of furan rings is 1. The van der Waals surface area contributed by atoms with E-state index in [4.69, 9.17) is 25.2 Å². The fourth-order valence-electron chi connectivity index (χ4n) is 2.34. The number of aryl methyl sites for hydroxylation is 2. The van der Waals surface area contributed by atoms with Crippen molar-refractivity contribution in [1.82, 2.24) is 10.2 Å². The number of ether oxygens (including phenoxy) is 1. The highest BCUT2D eigenvalue weighted by Crippen LogP contribution is 2.32. The molecule has 0 radical (unpaired) electrons. The first-order valence-corrected chi connectivity index (χ1v) is 9.34. The molecule has 0 aliphatic carbocycles. The molecule has 1 amide bonds. The second kappa shape index (κ2) is 8.06. The van der Waals surface area contributed by atoms with Crippen LogP contribution in [0.2, 0.25) is 5.02 Å². The van der Waals surface area contributed by atoms with Crippen LogP contribution in [0.25, 0.3) is 11.5 Å². The number of amides is 1. The van der Waals surface area contributed by atoms with Crippen molar-refractivity contribution in [3.05, 3.63) is 40.8 Å². The van der Waals surface area contributed by atoms with Gasteiger partial charge in [-0.2, -0.15) is 0 Å². The predicted molar refractivity (Wildman–Crippen MR) is 103 cm³/mol. The smallest absolute Gasteiger partial charge is 0.277 e. The van der Waals surface area contributed by atoms with Gasteiger partial charge in [0.2, 0.25) is 5.91 Å². The average molecular weight is 408 g/mol. The maximum atomic E-state index is 12.5. The van der Waals surface area contributed by atoms with Gasteiger partial charge in [-0.15, -0.1) is 10.2 Å². The fourth-order valence-corrected chi connectivity index (χ4v) is 3.18. The van der Waals surface area contributed by atoms with Crippen molar-refractivity contribution in [2.24, 2.45) is 0 Å². The minimum atomic E-state index is -0.468. The van der Waals surface area contributed by atoms with Gasteiger partial charge in [-0.1, -0.05) is 23.4 Å². The summed E-state index contributed by atoms with van der Waals surface area (Å²) >= 11 is 7.26. The van der Waals surface area contributed by atoms with Crippen LogP contribution < -0.4 is 10.1 Å². The van der Waals surface area contributed by atoms with Crippen molar-refractivity contribution in [2.45, 2.75) is 31.2 Å². The third kappa shape index (κ3) is 4.28. The molecule has 3 aromatic rings. The number of nitrogens with one attached hydrogen (secondary N) is 1. The number of carbonyl (C=O) groups is 1. The Morgan fingerprint density at radius 3 is 2.78 bits per heavy atom. The van der Waals surface area contributed by atoms with E-state index in [1.165, 1.54) is 18.9 Å². The quantitative estimate of drug-likeness (QED) is 0.590. The van der Waals surface area contributed by atoms with E-state index < -0.39 is 5.25 Å². The first-order chi connectivity index (χ1) is 12.9. The van der Waals surface area contributed by atoms with Crippen molar-refractivity contribution in [3.63, 3.8) is 0 Å². The Hall–Kier alpha value is -2.45. The standard InChI is InChI=1S/C18H18ClN3O4S/c1-9-7-14(15(24-4)8-13(9)19)20-16(23)11(3)27-18-22-21-17(26-18)12-5-6-25-10(12)2/h5-8,11H,1-4H3,(H,20,23)/t11-/m1/s1. The normalized spacial score (nSPS) is 12.0. The number of hydrogen-bond donors (Lipinski definition) is 1. The summed E-state index contributed by atoms with van der Waals surface area (Å²) in [5.41, 5.74) is 2.12. The summed E-state index contributed by atoms with van der Waals surface area (Å²) in [4.78, 5) is 12.5. The number of halogens is 1. The Labute approximate surface area is 165 Å². The molecule has 3 rings (SSSR count). The van der Waals surface area contributed by atoms with E-state index in [9.17, 15) is 4.79 Å². The number of aromatic nitrogens is 2. The lowest BCUT2D eigenvalue weighted by Crippen LogP contribution is -2.22. The van der Waals surface area contributed by atoms with E-state index in [-0.39, 0.29) is 5.91 Å². The van der Waals surface area contributed by atoms with E-state index in [0.29, 0.717) is 33.3 Å². The fraction of sp³-hybridized carbons (Fsp3) is 0.278. The zero-order chi connectivity index (χ0) is 19.6. The van der Waals surface area contributed by atoms with Crippen LogP contribution in [0.3, 0.4) is 0 Å². The van der Waals surface area contributed by atoms with Crippen molar-refractivity contribution >= 4 is 35.0 Å². The molecule has 0 unspecified atom stereocenters. The van der Waals surface area contributed by atoms with Gasteiger partial charge < -0.3 is 18.9 Å². The van der Waals surface area contributed by atoms with Crippen molar-refractivity contribution in [3.8, 4) is 17.2 Å². The average Bonchev–Trinajstić information content (AvgIpc) is 3.26. The zero-order valence-electron chi connectivity index (χ0n) is 15.2. The number of nitrogens with zero attached hydrogens (tertiary/aromatic N) is 2. The Kier molecular flexibility index (Phi) is 5.76. The number of methoxy groups -OCH3 is 1. The SMILES string of the molecule is COc1cc(Cl)c(C)cc1NC(=O)[C@@H](C)Sc1nnc(-c2ccoc2C)o1. The molecule has 1 aromatic carbocycles. The molecule has 2 heterocycles. The van der Waals surface area contributed by atoms with E-state index in [0.717, 1.165) is 11.1 Å². The summed E-state index contributed by atoms with van der Waals surface area (Å²) in [6, 6.07) is 5.19. The first-order valence-electron chi connectivity index (χ1n) is 8.08. The molecule has 0 spiro atoms. The van der Waals surface area contributed by atoms with Crippen LogP contribution in [-0.2, 0) is 4.79 Å². The molecule has 0 saturated heterocycles. The lowest BCUT2D eigenvalue weighted by Gasteiger charge is -2.14. The minimum absolute atomic E-state index is 0.223. The molecule has 9 heteroatoms. The van der Waals surface area contributed by atoms with Gasteiger partial charge in [0, 0.05) is 11.1 Å². The van der Waals surface area contributed by atoms with E-state index in [1.54, 1.807) is 31.4 Å². The Morgan fingerprint density at radius 2 is 2.11 bits per heavy atom. The zero-order valence-corrected chi connectivity index (χ0v) is 16.8.